The number of para-hydroxylation sites is 1. The fourth-order valence-corrected chi connectivity index (χ4v) is 3.11. The van der Waals surface area contributed by atoms with Crippen molar-refractivity contribution in [2.75, 3.05) is 24.7 Å². The van der Waals surface area contributed by atoms with Crippen molar-refractivity contribution in [2.24, 2.45) is 16.6 Å². The lowest BCUT2D eigenvalue weighted by atomic mass is 9.90. The third-order valence-electron chi connectivity index (χ3n) is 4.20. The summed E-state index contributed by atoms with van der Waals surface area (Å²) in [4.78, 5) is 6.70. The van der Waals surface area contributed by atoms with E-state index in [1.54, 1.807) is 0 Å². The van der Waals surface area contributed by atoms with Gasteiger partial charge in [-0.2, -0.15) is 0 Å². The summed E-state index contributed by atoms with van der Waals surface area (Å²) >= 11 is 0. The van der Waals surface area contributed by atoms with Gasteiger partial charge in [0.25, 0.3) is 0 Å². The fourth-order valence-electron chi connectivity index (χ4n) is 3.11. The van der Waals surface area contributed by atoms with E-state index in [1.807, 2.05) is 0 Å². The summed E-state index contributed by atoms with van der Waals surface area (Å²) in [5.41, 5.74) is 8.56. The standard InChI is InChI=1S/C15H21N3O/c1-11-4-2-3-5-13(11)18-14(10-17-15(18)16)12-6-8-19-9-7-12/h2-5,12,14H,6-10H2,1H3,(H2,16,17). The maximum absolute atomic E-state index is 6.12. The van der Waals surface area contributed by atoms with Crippen LogP contribution in [0.5, 0.6) is 0 Å². The molecule has 1 aromatic carbocycles. The first-order valence-electron chi connectivity index (χ1n) is 7.00. The first-order chi connectivity index (χ1) is 9.27. The van der Waals surface area contributed by atoms with Gasteiger partial charge in [0.15, 0.2) is 5.96 Å². The summed E-state index contributed by atoms with van der Waals surface area (Å²) in [7, 11) is 0. The largest absolute Gasteiger partial charge is 0.381 e. The van der Waals surface area contributed by atoms with Crippen molar-refractivity contribution in [3.05, 3.63) is 29.8 Å². The van der Waals surface area contributed by atoms with Crippen LogP contribution in [0.2, 0.25) is 0 Å². The van der Waals surface area contributed by atoms with E-state index in [1.165, 1.54) is 11.3 Å². The first-order valence-corrected chi connectivity index (χ1v) is 7.00. The minimum absolute atomic E-state index is 0.394. The Hall–Kier alpha value is -1.55. The lowest BCUT2D eigenvalue weighted by molar-refractivity contribution is 0.0603. The Morgan fingerprint density at radius 2 is 2.00 bits per heavy atom. The smallest absolute Gasteiger partial charge is 0.196 e. The van der Waals surface area contributed by atoms with Gasteiger partial charge in [0, 0.05) is 18.9 Å². The van der Waals surface area contributed by atoms with Gasteiger partial charge in [-0.05, 0) is 37.3 Å². The van der Waals surface area contributed by atoms with Gasteiger partial charge >= 0.3 is 0 Å². The number of ether oxygens (including phenoxy) is 1. The molecule has 1 unspecified atom stereocenters. The maximum Gasteiger partial charge on any atom is 0.196 e. The lowest BCUT2D eigenvalue weighted by Crippen LogP contribution is -2.46. The molecule has 2 aliphatic heterocycles. The van der Waals surface area contributed by atoms with Crippen molar-refractivity contribution in [3.8, 4) is 0 Å². The third kappa shape index (κ3) is 2.32. The van der Waals surface area contributed by atoms with Gasteiger partial charge in [-0.3, -0.25) is 4.99 Å². The summed E-state index contributed by atoms with van der Waals surface area (Å²) in [6.07, 6.45) is 2.21. The van der Waals surface area contributed by atoms with Crippen LogP contribution in [0.15, 0.2) is 29.3 Å². The van der Waals surface area contributed by atoms with Gasteiger partial charge in [0.05, 0.1) is 12.6 Å². The zero-order chi connectivity index (χ0) is 13.2. The topological polar surface area (TPSA) is 50.8 Å². The van der Waals surface area contributed by atoms with Crippen molar-refractivity contribution in [1.82, 2.24) is 0 Å². The molecule has 0 amide bonds. The molecule has 3 rings (SSSR count). The van der Waals surface area contributed by atoms with Crippen LogP contribution >= 0.6 is 0 Å². The van der Waals surface area contributed by atoms with Gasteiger partial charge in [-0.1, -0.05) is 18.2 Å². The molecule has 1 aromatic rings. The Kier molecular flexibility index (Phi) is 3.42. The molecular formula is C15H21N3O. The van der Waals surface area contributed by atoms with E-state index in [0.717, 1.165) is 32.6 Å². The highest BCUT2D eigenvalue weighted by Crippen LogP contribution is 2.31. The number of hydrogen-bond acceptors (Lipinski definition) is 4. The highest BCUT2D eigenvalue weighted by molar-refractivity contribution is 5.97. The minimum atomic E-state index is 0.394. The molecule has 0 aliphatic carbocycles. The minimum Gasteiger partial charge on any atom is -0.381 e. The molecule has 4 nitrogen and oxygen atoms in total. The number of nitrogens with two attached hydrogens (primary N) is 1. The molecular weight excluding hydrogens is 238 g/mol. The van der Waals surface area contributed by atoms with Crippen LogP contribution in [0.4, 0.5) is 5.69 Å². The Balaban J connectivity index is 1.88. The summed E-state index contributed by atoms with van der Waals surface area (Å²) in [5.74, 6) is 1.28. The molecule has 0 spiro atoms. The van der Waals surface area contributed by atoms with Crippen LogP contribution in [0.25, 0.3) is 0 Å². The van der Waals surface area contributed by atoms with E-state index < -0.39 is 0 Å². The van der Waals surface area contributed by atoms with E-state index in [9.17, 15) is 0 Å². The van der Waals surface area contributed by atoms with Crippen molar-refractivity contribution in [1.29, 1.82) is 0 Å². The quantitative estimate of drug-likeness (QED) is 0.883. The van der Waals surface area contributed by atoms with Crippen molar-refractivity contribution in [3.63, 3.8) is 0 Å². The second-order valence-electron chi connectivity index (χ2n) is 5.37. The molecule has 0 saturated carbocycles. The Morgan fingerprint density at radius 3 is 2.74 bits per heavy atom. The number of aliphatic imine (C=N–C) groups is 1. The number of aryl methyl sites for hydroxylation is 1. The number of nitrogens with zero attached hydrogens (tertiary/aromatic N) is 2. The van der Waals surface area contributed by atoms with E-state index in [4.69, 9.17) is 10.5 Å². The van der Waals surface area contributed by atoms with Gasteiger partial charge < -0.3 is 15.4 Å². The van der Waals surface area contributed by atoms with E-state index in [0.29, 0.717) is 17.9 Å². The van der Waals surface area contributed by atoms with Crippen LogP contribution in [-0.2, 0) is 4.74 Å². The van der Waals surface area contributed by atoms with Gasteiger partial charge in [0.2, 0.25) is 0 Å². The third-order valence-corrected chi connectivity index (χ3v) is 4.20. The zero-order valence-electron chi connectivity index (χ0n) is 11.4. The molecule has 2 N–H and O–H groups in total. The zero-order valence-corrected chi connectivity index (χ0v) is 11.4. The Morgan fingerprint density at radius 1 is 1.26 bits per heavy atom. The lowest BCUT2D eigenvalue weighted by Gasteiger charge is -2.35. The number of anilines is 1. The molecule has 2 heterocycles. The van der Waals surface area contributed by atoms with Gasteiger partial charge in [-0.15, -0.1) is 0 Å². The average molecular weight is 259 g/mol. The van der Waals surface area contributed by atoms with Gasteiger partial charge in [0.1, 0.15) is 0 Å². The van der Waals surface area contributed by atoms with E-state index >= 15 is 0 Å². The highest BCUT2D eigenvalue weighted by atomic mass is 16.5. The second kappa shape index (κ2) is 5.21. The monoisotopic (exact) mass is 259 g/mol. The Labute approximate surface area is 114 Å². The average Bonchev–Trinajstić information content (AvgIpc) is 2.82. The molecule has 0 bridgehead atoms. The van der Waals surface area contributed by atoms with Crippen LogP contribution in [0.1, 0.15) is 18.4 Å². The Bertz CT molecular complexity index is 480. The predicted octanol–water partition coefficient (Wildman–Crippen LogP) is 1.92. The van der Waals surface area contributed by atoms with Crippen LogP contribution in [-0.4, -0.2) is 31.8 Å². The molecule has 2 aliphatic rings. The second-order valence-corrected chi connectivity index (χ2v) is 5.37. The molecule has 0 radical (unpaired) electrons. The van der Waals surface area contributed by atoms with Crippen molar-refractivity contribution >= 4 is 11.6 Å². The van der Waals surface area contributed by atoms with E-state index in [2.05, 4.69) is 41.1 Å². The molecule has 19 heavy (non-hydrogen) atoms. The maximum atomic E-state index is 6.12. The molecule has 0 aromatic heterocycles. The summed E-state index contributed by atoms with van der Waals surface area (Å²) in [6.45, 7) is 4.66. The number of rotatable bonds is 2. The molecule has 1 atom stereocenters. The van der Waals surface area contributed by atoms with E-state index in [-0.39, 0.29) is 0 Å². The number of hydrogen-bond donors (Lipinski definition) is 1. The van der Waals surface area contributed by atoms with Gasteiger partial charge in [-0.25, -0.2) is 0 Å². The van der Waals surface area contributed by atoms with Crippen LogP contribution in [0.3, 0.4) is 0 Å². The summed E-state index contributed by atoms with van der Waals surface area (Å²) < 4.78 is 5.46. The highest BCUT2D eigenvalue weighted by Gasteiger charge is 2.35. The van der Waals surface area contributed by atoms with Crippen molar-refractivity contribution < 1.29 is 4.74 Å². The van der Waals surface area contributed by atoms with Crippen LogP contribution < -0.4 is 10.6 Å². The molecule has 4 heteroatoms. The normalized spacial score (nSPS) is 24.6. The first kappa shape index (κ1) is 12.5. The summed E-state index contributed by atoms with van der Waals surface area (Å²) in [6, 6.07) is 8.78. The number of guanidine groups is 1. The predicted molar refractivity (Wildman–Crippen MR) is 77.5 cm³/mol. The number of benzene rings is 1. The fraction of sp³-hybridized carbons (Fsp3) is 0.533. The summed E-state index contributed by atoms with van der Waals surface area (Å²) in [5, 5.41) is 0. The SMILES string of the molecule is Cc1ccccc1N1C(N)=NCC1C1CCOCC1. The van der Waals surface area contributed by atoms with Crippen LogP contribution in [0, 0.1) is 12.8 Å². The van der Waals surface area contributed by atoms with Crippen molar-refractivity contribution in [2.45, 2.75) is 25.8 Å². The molecule has 1 fully saturated rings. The molecule has 102 valence electrons. The molecule has 1 saturated heterocycles.